The highest BCUT2D eigenvalue weighted by Crippen LogP contribution is 2.34. The number of amides is 1. The Morgan fingerprint density at radius 1 is 1.11 bits per heavy atom. The van der Waals surface area contributed by atoms with Crippen molar-refractivity contribution < 1.29 is 23.1 Å². The normalized spacial score (nSPS) is 17.6. The molecule has 0 radical (unpaired) electrons. The first kappa shape index (κ1) is 25.1. The molecule has 1 unspecified atom stereocenters. The summed E-state index contributed by atoms with van der Waals surface area (Å²) in [5.41, 5.74) is 1.36. The van der Waals surface area contributed by atoms with E-state index in [-0.39, 0.29) is 24.3 Å². The second kappa shape index (κ2) is 10.1. The number of aliphatic hydroxyl groups is 1. The summed E-state index contributed by atoms with van der Waals surface area (Å²) in [7, 11) is 0. The molecule has 0 saturated carbocycles. The van der Waals surface area contributed by atoms with Crippen molar-refractivity contribution in [3.8, 4) is 0 Å². The van der Waals surface area contributed by atoms with Gasteiger partial charge in [-0.25, -0.2) is 13.2 Å². The molecule has 0 spiro atoms. The van der Waals surface area contributed by atoms with Gasteiger partial charge < -0.3 is 26.0 Å². The maximum atomic E-state index is 14.7. The lowest BCUT2D eigenvalue weighted by Crippen LogP contribution is -2.67. The van der Waals surface area contributed by atoms with Crippen LogP contribution in [0.15, 0.2) is 54.6 Å². The summed E-state index contributed by atoms with van der Waals surface area (Å²) in [5, 5.41) is 20.0. The molecule has 194 valence electrons. The van der Waals surface area contributed by atoms with E-state index in [0.717, 1.165) is 30.8 Å². The van der Waals surface area contributed by atoms with Crippen molar-refractivity contribution in [3.05, 3.63) is 88.7 Å². The van der Waals surface area contributed by atoms with E-state index in [4.69, 9.17) is 0 Å². The Morgan fingerprint density at radius 3 is 2.68 bits per heavy atom. The van der Waals surface area contributed by atoms with Crippen molar-refractivity contribution in [1.82, 2.24) is 10.2 Å². The Hall–Kier alpha value is -3.56. The molecule has 1 atom stereocenters. The largest absolute Gasteiger partial charge is 0.385 e. The molecule has 2 aliphatic rings. The monoisotopic (exact) mass is 510 g/mol. The van der Waals surface area contributed by atoms with Gasteiger partial charge in [0.1, 0.15) is 11.4 Å². The fourth-order valence-corrected chi connectivity index (χ4v) is 5.01. The average Bonchev–Trinajstić information content (AvgIpc) is 3.27. The van der Waals surface area contributed by atoms with Gasteiger partial charge >= 0.3 is 0 Å². The van der Waals surface area contributed by atoms with Crippen LogP contribution in [-0.4, -0.2) is 54.2 Å². The van der Waals surface area contributed by atoms with Crippen LogP contribution in [0.5, 0.6) is 0 Å². The molecule has 3 aromatic rings. The molecule has 4 N–H and O–H groups in total. The third-order valence-electron chi connectivity index (χ3n) is 7.03. The van der Waals surface area contributed by atoms with Crippen molar-refractivity contribution in [3.63, 3.8) is 0 Å². The number of rotatable bonds is 8. The topological polar surface area (TPSA) is 76.6 Å². The molecule has 37 heavy (non-hydrogen) atoms. The summed E-state index contributed by atoms with van der Waals surface area (Å²) in [6, 6.07) is 14.5. The predicted octanol–water partition coefficient (Wildman–Crippen LogP) is 4.53. The smallest absolute Gasteiger partial charge is 0.256 e. The molecule has 3 aromatic carbocycles. The van der Waals surface area contributed by atoms with Gasteiger partial charge in [-0.1, -0.05) is 24.3 Å². The number of hydrogen-bond acceptors (Lipinski definition) is 5. The van der Waals surface area contributed by atoms with Crippen LogP contribution in [0.25, 0.3) is 0 Å². The lowest BCUT2D eigenvalue weighted by molar-refractivity contribution is -0.0784. The molecule has 9 heteroatoms. The second-order valence-electron chi connectivity index (χ2n) is 9.91. The number of para-hydroxylation sites is 1. The number of nitrogens with one attached hydrogen (secondary N) is 3. The summed E-state index contributed by atoms with van der Waals surface area (Å²) >= 11 is 0. The van der Waals surface area contributed by atoms with E-state index >= 15 is 0 Å². The maximum absolute atomic E-state index is 14.7. The SMILES string of the molecule is Cc1ccc(Nc2c(C(=O)N3CC(O)(CNCCC4CNc5ccccc54)C3)ccc(F)c2F)c(F)c1. The highest BCUT2D eigenvalue weighted by molar-refractivity contribution is 6.01. The average molecular weight is 511 g/mol. The standard InChI is InChI=1S/C28H29F3N4O2/c1-17-6-9-24(22(30)12-17)34-26-20(7-8-21(29)25(26)31)27(36)35-15-28(37,16-35)14-32-11-10-18-13-33-23-5-3-2-4-19(18)23/h2-9,12,18,32-34,37H,10-11,13-16H2,1H3. The minimum Gasteiger partial charge on any atom is -0.385 e. The zero-order valence-electron chi connectivity index (χ0n) is 20.5. The van der Waals surface area contributed by atoms with Gasteiger partial charge in [0.05, 0.1) is 30.0 Å². The quantitative estimate of drug-likeness (QED) is 0.335. The number of halogens is 3. The molecule has 1 fully saturated rings. The van der Waals surface area contributed by atoms with Gasteiger partial charge in [-0.05, 0) is 61.3 Å². The number of benzene rings is 3. The van der Waals surface area contributed by atoms with Crippen molar-refractivity contribution >= 4 is 23.0 Å². The Balaban J connectivity index is 1.18. The fraction of sp³-hybridized carbons (Fsp3) is 0.321. The highest BCUT2D eigenvalue weighted by atomic mass is 19.2. The summed E-state index contributed by atoms with van der Waals surface area (Å²) in [5.74, 6) is -3.26. The summed E-state index contributed by atoms with van der Waals surface area (Å²) in [4.78, 5) is 14.5. The van der Waals surface area contributed by atoms with Gasteiger partial charge in [0.25, 0.3) is 5.91 Å². The number of nitrogens with zero attached hydrogens (tertiary/aromatic N) is 1. The minimum absolute atomic E-state index is 0.0456. The molecule has 2 aliphatic heterocycles. The number of fused-ring (bicyclic) bond motifs is 1. The second-order valence-corrected chi connectivity index (χ2v) is 9.91. The summed E-state index contributed by atoms with van der Waals surface area (Å²) in [6.07, 6.45) is 0.905. The molecule has 2 heterocycles. The van der Waals surface area contributed by atoms with E-state index < -0.39 is 34.6 Å². The number of hydrogen-bond donors (Lipinski definition) is 4. The Labute approximate surface area is 213 Å². The van der Waals surface area contributed by atoms with E-state index in [2.05, 4.69) is 28.1 Å². The van der Waals surface area contributed by atoms with Gasteiger partial charge in [-0.15, -0.1) is 0 Å². The van der Waals surface area contributed by atoms with Gasteiger partial charge in [-0.3, -0.25) is 4.79 Å². The van der Waals surface area contributed by atoms with Crippen LogP contribution in [0.3, 0.4) is 0 Å². The van der Waals surface area contributed by atoms with Gasteiger partial charge in [-0.2, -0.15) is 0 Å². The van der Waals surface area contributed by atoms with Gasteiger partial charge in [0.2, 0.25) is 0 Å². The van der Waals surface area contributed by atoms with E-state index in [9.17, 15) is 23.1 Å². The van der Waals surface area contributed by atoms with Crippen LogP contribution >= 0.6 is 0 Å². The van der Waals surface area contributed by atoms with E-state index in [0.29, 0.717) is 24.6 Å². The lowest BCUT2D eigenvalue weighted by atomic mass is 9.92. The van der Waals surface area contributed by atoms with Crippen LogP contribution in [0.2, 0.25) is 0 Å². The molecular formula is C28H29F3N4O2. The summed E-state index contributed by atoms with van der Waals surface area (Å²) in [6.45, 7) is 3.68. The van der Waals surface area contributed by atoms with E-state index in [1.165, 1.54) is 22.6 Å². The van der Waals surface area contributed by atoms with Crippen LogP contribution in [0, 0.1) is 24.4 Å². The molecule has 0 aromatic heterocycles. The minimum atomic E-state index is -1.27. The zero-order chi connectivity index (χ0) is 26.2. The number of β-amino-alcohol motifs (C(OH)–C–C–N with tert-alkyl or cyclic N) is 1. The number of carbonyl (C=O) groups is 1. The lowest BCUT2D eigenvalue weighted by Gasteiger charge is -2.46. The van der Waals surface area contributed by atoms with Gasteiger partial charge in [0.15, 0.2) is 11.6 Å². The molecular weight excluding hydrogens is 481 g/mol. The maximum Gasteiger partial charge on any atom is 0.256 e. The predicted molar refractivity (Wildman–Crippen MR) is 137 cm³/mol. The summed E-state index contributed by atoms with van der Waals surface area (Å²) < 4.78 is 43.0. The number of anilines is 3. The Bertz CT molecular complexity index is 1330. The first-order valence-corrected chi connectivity index (χ1v) is 12.3. The van der Waals surface area contributed by atoms with Crippen molar-refractivity contribution in [2.75, 3.05) is 43.4 Å². The van der Waals surface area contributed by atoms with Gasteiger partial charge in [0, 0.05) is 24.7 Å². The molecule has 1 amide bonds. The van der Waals surface area contributed by atoms with Crippen molar-refractivity contribution in [2.24, 2.45) is 0 Å². The molecule has 6 nitrogen and oxygen atoms in total. The molecule has 1 saturated heterocycles. The number of likely N-dealkylation sites (tertiary alicyclic amines) is 1. The molecule has 5 rings (SSSR count). The van der Waals surface area contributed by atoms with Crippen molar-refractivity contribution in [1.29, 1.82) is 0 Å². The third-order valence-corrected chi connectivity index (χ3v) is 7.03. The van der Waals surface area contributed by atoms with Crippen LogP contribution in [-0.2, 0) is 0 Å². The Morgan fingerprint density at radius 2 is 1.89 bits per heavy atom. The van der Waals surface area contributed by atoms with Crippen LogP contribution in [0.1, 0.15) is 33.8 Å². The highest BCUT2D eigenvalue weighted by Gasteiger charge is 2.44. The molecule has 0 bridgehead atoms. The van der Waals surface area contributed by atoms with Crippen LogP contribution < -0.4 is 16.0 Å². The third kappa shape index (κ3) is 5.14. The van der Waals surface area contributed by atoms with Crippen LogP contribution in [0.4, 0.5) is 30.2 Å². The zero-order valence-corrected chi connectivity index (χ0v) is 20.5. The number of aryl methyl sites for hydroxylation is 1. The molecule has 0 aliphatic carbocycles. The van der Waals surface area contributed by atoms with E-state index in [1.54, 1.807) is 13.0 Å². The fourth-order valence-electron chi connectivity index (χ4n) is 5.01. The Kier molecular flexibility index (Phi) is 6.83. The number of carbonyl (C=O) groups excluding carboxylic acids is 1. The van der Waals surface area contributed by atoms with Crippen molar-refractivity contribution in [2.45, 2.75) is 24.9 Å². The first-order chi connectivity index (χ1) is 17.7. The van der Waals surface area contributed by atoms with E-state index in [1.807, 2.05) is 12.1 Å². The first-order valence-electron chi connectivity index (χ1n) is 12.3.